The lowest BCUT2D eigenvalue weighted by Crippen LogP contribution is -2.49. The van der Waals surface area contributed by atoms with Crippen molar-refractivity contribution in [3.63, 3.8) is 0 Å². The van der Waals surface area contributed by atoms with Gasteiger partial charge in [0, 0.05) is 24.9 Å². The first-order valence-electron chi connectivity index (χ1n) is 9.39. The number of carbonyl (C=O) groups is 2. The molecule has 0 radical (unpaired) electrons. The number of carbonyl (C=O) groups excluding carboxylic acids is 2. The van der Waals surface area contributed by atoms with Gasteiger partial charge in [-0.15, -0.1) is 0 Å². The van der Waals surface area contributed by atoms with E-state index in [1.807, 2.05) is 6.07 Å². The summed E-state index contributed by atoms with van der Waals surface area (Å²) in [7, 11) is 1.69. The summed E-state index contributed by atoms with van der Waals surface area (Å²) < 4.78 is 0. The Bertz CT molecular complexity index is 590. The summed E-state index contributed by atoms with van der Waals surface area (Å²) in [6.45, 7) is 2.79. The second-order valence-electron chi connectivity index (χ2n) is 7.44. The molecule has 0 atom stereocenters. The van der Waals surface area contributed by atoms with E-state index in [1.165, 1.54) is 12.0 Å². The summed E-state index contributed by atoms with van der Waals surface area (Å²) in [6, 6.07) is 10.5. The zero-order valence-electron chi connectivity index (χ0n) is 15.1. The Morgan fingerprint density at radius 3 is 2.40 bits per heavy atom. The maximum Gasteiger partial charge on any atom is 0.234 e. The fraction of sp³-hybridized carbons (Fsp3) is 0.600. The van der Waals surface area contributed by atoms with Gasteiger partial charge in [0.2, 0.25) is 11.8 Å². The Labute approximate surface area is 150 Å². The minimum atomic E-state index is 0.0978. The molecule has 0 bridgehead atoms. The molecule has 1 heterocycles. The number of nitrogens with zero attached hydrogens (tertiary/aromatic N) is 1. The van der Waals surface area contributed by atoms with Gasteiger partial charge in [0.15, 0.2) is 0 Å². The molecule has 2 amide bonds. The van der Waals surface area contributed by atoms with Crippen molar-refractivity contribution >= 4 is 11.8 Å². The first-order valence-corrected chi connectivity index (χ1v) is 9.39. The van der Waals surface area contributed by atoms with Crippen LogP contribution in [0.1, 0.15) is 37.7 Å². The third kappa shape index (κ3) is 4.21. The smallest absolute Gasteiger partial charge is 0.234 e. The lowest BCUT2D eigenvalue weighted by Gasteiger charge is -2.42. The van der Waals surface area contributed by atoms with Crippen LogP contribution in [0.3, 0.4) is 0 Å². The number of likely N-dealkylation sites (tertiary alicyclic amines) is 1. The standard InChI is InChI=1S/C20H29N3O2/c1-21-19(25)16-8-12-23(13-9-16)14-18(24)22-15-20(10-5-11-20)17-6-3-2-4-7-17/h2-4,6-7,16H,5,8-15H2,1H3,(H,21,25)(H,22,24). The summed E-state index contributed by atoms with van der Waals surface area (Å²) in [4.78, 5) is 26.2. The fourth-order valence-electron chi connectivity index (χ4n) is 4.05. The first-order chi connectivity index (χ1) is 12.1. The van der Waals surface area contributed by atoms with Crippen molar-refractivity contribution < 1.29 is 9.59 Å². The summed E-state index contributed by atoms with van der Waals surface area (Å²) in [5.74, 6) is 0.320. The summed E-state index contributed by atoms with van der Waals surface area (Å²) in [6.07, 6.45) is 5.20. The highest BCUT2D eigenvalue weighted by molar-refractivity contribution is 5.79. The van der Waals surface area contributed by atoms with Crippen molar-refractivity contribution in [1.82, 2.24) is 15.5 Å². The van der Waals surface area contributed by atoms with Crippen molar-refractivity contribution in [3.8, 4) is 0 Å². The van der Waals surface area contributed by atoms with Crippen LogP contribution >= 0.6 is 0 Å². The Balaban J connectivity index is 1.45. The Hall–Kier alpha value is -1.88. The van der Waals surface area contributed by atoms with Crippen molar-refractivity contribution in [2.24, 2.45) is 5.92 Å². The molecule has 0 unspecified atom stereocenters. The quantitative estimate of drug-likeness (QED) is 0.826. The molecule has 25 heavy (non-hydrogen) atoms. The predicted molar refractivity (Wildman–Crippen MR) is 98.2 cm³/mol. The molecule has 1 saturated carbocycles. The average Bonchev–Trinajstić information content (AvgIpc) is 2.62. The molecule has 0 aromatic heterocycles. The second-order valence-corrected chi connectivity index (χ2v) is 7.44. The number of piperidine rings is 1. The minimum absolute atomic E-state index is 0.0978. The van der Waals surface area contributed by atoms with Gasteiger partial charge in [0.1, 0.15) is 0 Å². The van der Waals surface area contributed by atoms with Crippen LogP contribution in [-0.4, -0.2) is 49.9 Å². The van der Waals surface area contributed by atoms with Gasteiger partial charge in [-0.05, 0) is 44.3 Å². The molecule has 1 aromatic carbocycles. The number of benzene rings is 1. The van der Waals surface area contributed by atoms with E-state index in [9.17, 15) is 9.59 Å². The summed E-state index contributed by atoms with van der Waals surface area (Å²) >= 11 is 0. The van der Waals surface area contributed by atoms with E-state index < -0.39 is 0 Å². The van der Waals surface area contributed by atoms with Gasteiger partial charge >= 0.3 is 0 Å². The Kier molecular flexibility index (Phi) is 5.74. The second kappa shape index (κ2) is 8.00. The molecule has 2 aliphatic rings. The molecule has 3 rings (SSSR count). The molecule has 2 N–H and O–H groups in total. The van der Waals surface area contributed by atoms with Crippen LogP contribution < -0.4 is 10.6 Å². The molecule has 1 aliphatic heterocycles. The van der Waals surface area contributed by atoms with Gasteiger partial charge in [0.05, 0.1) is 6.54 Å². The van der Waals surface area contributed by atoms with Crippen LogP contribution in [0.15, 0.2) is 30.3 Å². The molecule has 1 aromatic rings. The van der Waals surface area contributed by atoms with E-state index >= 15 is 0 Å². The average molecular weight is 343 g/mol. The largest absolute Gasteiger partial charge is 0.359 e. The van der Waals surface area contributed by atoms with Crippen LogP contribution in [-0.2, 0) is 15.0 Å². The van der Waals surface area contributed by atoms with Gasteiger partial charge in [0.25, 0.3) is 0 Å². The van der Waals surface area contributed by atoms with E-state index in [4.69, 9.17) is 0 Å². The van der Waals surface area contributed by atoms with Crippen LogP contribution in [0.25, 0.3) is 0 Å². The maximum absolute atomic E-state index is 12.4. The van der Waals surface area contributed by atoms with Crippen molar-refractivity contribution in [2.75, 3.05) is 33.2 Å². The lowest BCUT2D eigenvalue weighted by molar-refractivity contribution is -0.126. The normalized spacial score (nSPS) is 20.5. The zero-order valence-corrected chi connectivity index (χ0v) is 15.1. The highest BCUT2D eigenvalue weighted by Gasteiger charge is 2.38. The van der Waals surface area contributed by atoms with Crippen molar-refractivity contribution in [2.45, 2.75) is 37.5 Å². The predicted octanol–water partition coefficient (Wildman–Crippen LogP) is 1.68. The highest BCUT2D eigenvalue weighted by Crippen LogP contribution is 2.43. The fourth-order valence-corrected chi connectivity index (χ4v) is 4.05. The molecule has 5 heteroatoms. The van der Waals surface area contributed by atoms with E-state index in [-0.39, 0.29) is 23.1 Å². The van der Waals surface area contributed by atoms with Gasteiger partial charge in [-0.1, -0.05) is 36.8 Å². The topological polar surface area (TPSA) is 61.4 Å². The third-order valence-electron chi connectivity index (χ3n) is 5.89. The third-order valence-corrected chi connectivity index (χ3v) is 5.89. The number of rotatable bonds is 6. The molecule has 5 nitrogen and oxygen atoms in total. The van der Waals surface area contributed by atoms with Crippen molar-refractivity contribution in [3.05, 3.63) is 35.9 Å². The van der Waals surface area contributed by atoms with E-state index in [0.29, 0.717) is 6.54 Å². The van der Waals surface area contributed by atoms with Crippen LogP contribution in [0, 0.1) is 5.92 Å². The van der Waals surface area contributed by atoms with E-state index in [0.717, 1.165) is 45.3 Å². The number of amides is 2. The lowest BCUT2D eigenvalue weighted by atomic mass is 9.64. The van der Waals surface area contributed by atoms with Crippen LogP contribution in [0.5, 0.6) is 0 Å². The van der Waals surface area contributed by atoms with Gasteiger partial charge < -0.3 is 10.6 Å². The maximum atomic E-state index is 12.4. The molecule has 136 valence electrons. The van der Waals surface area contributed by atoms with Gasteiger partial charge in [-0.3, -0.25) is 14.5 Å². The minimum Gasteiger partial charge on any atom is -0.359 e. The Morgan fingerprint density at radius 2 is 1.84 bits per heavy atom. The SMILES string of the molecule is CNC(=O)C1CCN(CC(=O)NCC2(c3ccccc3)CCC2)CC1. The van der Waals surface area contributed by atoms with E-state index in [1.54, 1.807) is 7.05 Å². The molecule has 0 spiro atoms. The molecular formula is C20H29N3O2. The Morgan fingerprint density at radius 1 is 1.16 bits per heavy atom. The molecule has 1 aliphatic carbocycles. The van der Waals surface area contributed by atoms with Gasteiger partial charge in [-0.2, -0.15) is 0 Å². The highest BCUT2D eigenvalue weighted by atomic mass is 16.2. The molecular weight excluding hydrogens is 314 g/mol. The van der Waals surface area contributed by atoms with E-state index in [2.05, 4.69) is 39.8 Å². The zero-order chi connectivity index (χ0) is 17.7. The monoisotopic (exact) mass is 343 g/mol. The number of nitrogens with one attached hydrogen (secondary N) is 2. The van der Waals surface area contributed by atoms with Gasteiger partial charge in [-0.25, -0.2) is 0 Å². The molecule has 2 fully saturated rings. The summed E-state index contributed by atoms with van der Waals surface area (Å²) in [5, 5.41) is 5.88. The number of hydrogen-bond donors (Lipinski definition) is 2. The number of hydrogen-bond acceptors (Lipinski definition) is 3. The first kappa shape index (κ1) is 17.9. The van der Waals surface area contributed by atoms with Crippen LogP contribution in [0.2, 0.25) is 0 Å². The van der Waals surface area contributed by atoms with Crippen molar-refractivity contribution in [1.29, 1.82) is 0 Å². The van der Waals surface area contributed by atoms with Crippen LogP contribution in [0.4, 0.5) is 0 Å². The summed E-state index contributed by atoms with van der Waals surface area (Å²) in [5.41, 5.74) is 1.47. The molecule has 1 saturated heterocycles.